The number of nitrogens with zero attached hydrogens (tertiary/aromatic N) is 2. The number of methoxy groups -OCH3 is 1. The van der Waals surface area contributed by atoms with Gasteiger partial charge in [-0.05, 0) is 62.4 Å². The minimum atomic E-state index is -3.87. The Labute approximate surface area is 224 Å². The molecular formula is C28H33N3O6S. The molecule has 0 radical (unpaired) electrons. The van der Waals surface area contributed by atoms with E-state index in [1.165, 1.54) is 12.1 Å². The predicted molar refractivity (Wildman–Crippen MR) is 147 cm³/mol. The lowest BCUT2D eigenvalue weighted by Crippen LogP contribution is -2.48. The van der Waals surface area contributed by atoms with Gasteiger partial charge in [0.2, 0.25) is 0 Å². The lowest BCUT2D eigenvalue weighted by molar-refractivity contribution is 0.0746. The number of carbonyl (C=O) groups is 1. The standard InChI is InChI=1S/C28H33N3O6S/c1-4-36-26-15-14-23(20-27(26)37-5-2)38(33,34)29-22-12-10-21(11-13-22)28(32)31-18-16-30(17-19-31)24-8-6-7-9-25(24)35-3/h6-15,20,29H,4-5,16-19H2,1-3H3. The third kappa shape index (κ3) is 6.13. The first-order valence-electron chi connectivity index (χ1n) is 12.6. The number of rotatable bonds is 10. The molecule has 10 heteroatoms. The summed E-state index contributed by atoms with van der Waals surface area (Å²) in [7, 11) is -2.22. The molecule has 9 nitrogen and oxygen atoms in total. The van der Waals surface area contributed by atoms with Gasteiger partial charge in [0.05, 0.1) is 30.9 Å². The molecule has 0 bridgehead atoms. The number of ether oxygens (including phenoxy) is 3. The largest absolute Gasteiger partial charge is 0.495 e. The Bertz CT molecular complexity index is 1350. The van der Waals surface area contributed by atoms with Gasteiger partial charge >= 0.3 is 0 Å². The summed E-state index contributed by atoms with van der Waals surface area (Å²) in [6.45, 7) is 7.01. The van der Waals surface area contributed by atoms with Gasteiger partial charge in [-0.1, -0.05) is 12.1 Å². The number of piperazine rings is 1. The number of amides is 1. The number of hydrogen-bond acceptors (Lipinski definition) is 7. The van der Waals surface area contributed by atoms with Gasteiger partial charge in [-0.3, -0.25) is 9.52 Å². The lowest BCUT2D eigenvalue weighted by Gasteiger charge is -2.36. The van der Waals surface area contributed by atoms with Crippen LogP contribution in [-0.2, 0) is 10.0 Å². The van der Waals surface area contributed by atoms with Crippen LogP contribution >= 0.6 is 0 Å². The van der Waals surface area contributed by atoms with Gasteiger partial charge in [-0.25, -0.2) is 8.42 Å². The van der Waals surface area contributed by atoms with E-state index in [0.717, 1.165) is 11.4 Å². The van der Waals surface area contributed by atoms with Crippen LogP contribution in [0, 0.1) is 0 Å². The molecule has 0 spiro atoms. The van der Waals surface area contributed by atoms with Crippen LogP contribution in [0.1, 0.15) is 24.2 Å². The van der Waals surface area contributed by atoms with Gasteiger partial charge in [-0.15, -0.1) is 0 Å². The highest BCUT2D eigenvalue weighted by atomic mass is 32.2. The Morgan fingerprint density at radius 3 is 2.16 bits per heavy atom. The van der Waals surface area contributed by atoms with E-state index in [4.69, 9.17) is 14.2 Å². The topological polar surface area (TPSA) is 97.4 Å². The van der Waals surface area contributed by atoms with E-state index in [-0.39, 0.29) is 10.8 Å². The zero-order valence-electron chi connectivity index (χ0n) is 21.8. The van der Waals surface area contributed by atoms with E-state index in [0.29, 0.717) is 62.1 Å². The van der Waals surface area contributed by atoms with Crippen LogP contribution in [0.2, 0.25) is 0 Å². The molecule has 1 aliphatic rings. The molecule has 202 valence electrons. The zero-order chi connectivity index (χ0) is 27.1. The third-order valence-corrected chi connectivity index (χ3v) is 7.58. The minimum absolute atomic E-state index is 0.0532. The Morgan fingerprint density at radius 1 is 0.842 bits per heavy atom. The van der Waals surface area contributed by atoms with Crippen LogP contribution in [0.15, 0.2) is 71.6 Å². The maximum absolute atomic E-state index is 13.1. The van der Waals surface area contributed by atoms with Crippen molar-refractivity contribution in [2.24, 2.45) is 0 Å². The third-order valence-electron chi connectivity index (χ3n) is 6.20. The van der Waals surface area contributed by atoms with Crippen molar-refractivity contribution in [1.82, 2.24) is 4.90 Å². The Kier molecular flexibility index (Phi) is 8.62. The fourth-order valence-electron chi connectivity index (χ4n) is 4.32. The van der Waals surface area contributed by atoms with Gasteiger partial charge in [-0.2, -0.15) is 0 Å². The first-order valence-corrected chi connectivity index (χ1v) is 14.0. The van der Waals surface area contributed by atoms with Gasteiger partial charge in [0.1, 0.15) is 5.75 Å². The number of hydrogen-bond donors (Lipinski definition) is 1. The molecule has 38 heavy (non-hydrogen) atoms. The summed E-state index contributed by atoms with van der Waals surface area (Å²) in [6, 6.07) is 18.8. The van der Waals surface area contributed by atoms with Crippen molar-refractivity contribution in [1.29, 1.82) is 0 Å². The van der Waals surface area contributed by atoms with Crippen molar-refractivity contribution in [2.75, 3.05) is 56.1 Å². The number of anilines is 2. The van der Waals surface area contributed by atoms with Crippen molar-refractivity contribution < 1.29 is 27.4 Å². The Morgan fingerprint density at radius 2 is 1.50 bits per heavy atom. The average molecular weight is 540 g/mol. The SMILES string of the molecule is CCOc1ccc(S(=O)(=O)Nc2ccc(C(=O)N3CCN(c4ccccc4OC)CC3)cc2)cc1OCC. The van der Waals surface area contributed by atoms with Crippen LogP contribution in [0.3, 0.4) is 0 Å². The number of benzene rings is 3. The fourth-order valence-corrected chi connectivity index (χ4v) is 5.39. The fraction of sp³-hybridized carbons (Fsp3) is 0.321. The molecule has 3 aromatic rings. The van der Waals surface area contributed by atoms with E-state index < -0.39 is 10.0 Å². The normalized spacial score (nSPS) is 13.7. The smallest absolute Gasteiger partial charge is 0.262 e. The molecule has 0 saturated carbocycles. The second-order valence-corrected chi connectivity index (χ2v) is 10.3. The number of carbonyl (C=O) groups excluding carboxylic acids is 1. The molecule has 0 unspecified atom stereocenters. The summed E-state index contributed by atoms with van der Waals surface area (Å²) < 4.78 is 45.1. The molecule has 0 aliphatic carbocycles. The molecule has 1 saturated heterocycles. The van der Waals surface area contributed by atoms with Gasteiger partial charge in [0.15, 0.2) is 11.5 Å². The lowest BCUT2D eigenvalue weighted by atomic mass is 10.1. The summed E-state index contributed by atoms with van der Waals surface area (Å²) in [5.41, 5.74) is 1.87. The van der Waals surface area contributed by atoms with Crippen LogP contribution in [-0.4, -0.2) is 65.7 Å². The maximum Gasteiger partial charge on any atom is 0.262 e. The highest BCUT2D eigenvalue weighted by molar-refractivity contribution is 7.92. The van der Waals surface area contributed by atoms with Crippen LogP contribution in [0.5, 0.6) is 17.2 Å². The molecule has 0 atom stereocenters. The van der Waals surface area contributed by atoms with Crippen molar-refractivity contribution in [3.63, 3.8) is 0 Å². The summed E-state index contributed by atoms with van der Waals surface area (Å²) in [6.07, 6.45) is 0. The molecule has 4 rings (SSSR count). The van der Waals surface area contributed by atoms with E-state index in [1.54, 1.807) is 42.3 Å². The highest BCUT2D eigenvalue weighted by Crippen LogP contribution is 2.31. The van der Waals surface area contributed by atoms with E-state index in [9.17, 15) is 13.2 Å². The number of nitrogens with one attached hydrogen (secondary N) is 1. The molecule has 3 aromatic carbocycles. The molecule has 1 heterocycles. The average Bonchev–Trinajstić information content (AvgIpc) is 2.94. The Hall–Kier alpha value is -3.92. The van der Waals surface area contributed by atoms with Gasteiger partial charge in [0.25, 0.3) is 15.9 Å². The van der Waals surface area contributed by atoms with Crippen molar-refractivity contribution in [2.45, 2.75) is 18.7 Å². The number of para-hydroxylation sites is 2. The summed E-state index contributed by atoms with van der Waals surface area (Å²) in [5.74, 6) is 1.57. The van der Waals surface area contributed by atoms with Crippen LogP contribution < -0.4 is 23.8 Å². The zero-order valence-corrected chi connectivity index (χ0v) is 22.7. The number of sulfonamides is 1. The predicted octanol–water partition coefficient (Wildman–Crippen LogP) is 4.26. The molecule has 1 fully saturated rings. The summed E-state index contributed by atoms with van der Waals surface area (Å²) in [4.78, 5) is 17.2. The quantitative estimate of drug-likeness (QED) is 0.411. The van der Waals surface area contributed by atoms with Crippen molar-refractivity contribution >= 4 is 27.3 Å². The molecule has 1 N–H and O–H groups in total. The van der Waals surface area contributed by atoms with Gasteiger partial charge < -0.3 is 24.0 Å². The molecular weight excluding hydrogens is 506 g/mol. The second-order valence-electron chi connectivity index (χ2n) is 8.61. The molecule has 0 aromatic heterocycles. The van der Waals surface area contributed by atoms with Crippen molar-refractivity contribution in [3.05, 3.63) is 72.3 Å². The van der Waals surface area contributed by atoms with Crippen molar-refractivity contribution in [3.8, 4) is 17.2 Å². The van der Waals surface area contributed by atoms with E-state index in [1.807, 2.05) is 38.1 Å². The summed E-state index contributed by atoms with van der Waals surface area (Å²) in [5, 5.41) is 0. The van der Waals surface area contributed by atoms with E-state index >= 15 is 0 Å². The maximum atomic E-state index is 13.1. The van der Waals surface area contributed by atoms with Gasteiger partial charge in [0, 0.05) is 43.5 Å². The Balaban J connectivity index is 1.40. The summed E-state index contributed by atoms with van der Waals surface area (Å²) >= 11 is 0. The first kappa shape index (κ1) is 27.1. The first-order chi connectivity index (χ1) is 18.4. The monoisotopic (exact) mass is 539 g/mol. The van der Waals surface area contributed by atoms with Crippen LogP contribution in [0.25, 0.3) is 0 Å². The molecule has 1 amide bonds. The van der Waals surface area contributed by atoms with E-state index in [2.05, 4.69) is 9.62 Å². The second kappa shape index (κ2) is 12.1. The van der Waals surface area contributed by atoms with Crippen LogP contribution in [0.4, 0.5) is 11.4 Å². The minimum Gasteiger partial charge on any atom is -0.495 e. The highest BCUT2D eigenvalue weighted by Gasteiger charge is 2.24. The molecule has 1 aliphatic heterocycles.